The maximum Gasteiger partial charge on any atom is 0.309 e. The Balaban J connectivity index is 1.59. The molecule has 5 rings (SSSR count). The first-order valence-corrected chi connectivity index (χ1v) is 11.3. The first-order valence-electron chi connectivity index (χ1n) is 11.3. The topological polar surface area (TPSA) is 76.1 Å². The van der Waals surface area contributed by atoms with Gasteiger partial charge in [0.05, 0.1) is 30.0 Å². The van der Waals surface area contributed by atoms with E-state index in [9.17, 15) is 14.7 Å². The lowest BCUT2D eigenvalue weighted by molar-refractivity contribution is -0.170. The summed E-state index contributed by atoms with van der Waals surface area (Å²) >= 11 is 0. The summed E-state index contributed by atoms with van der Waals surface area (Å²) in [5.74, 6) is -0.251. The van der Waals surface area contributed by atoms with Crippen molar-refractivity contribution in [3.63, 3.8) is 0 Å². The first-order chi connectivity index (χ1) is 13.4. The number of cyclic esters (lactones) is 1. The van der Waals surface area contributed by atoms with Gasteiger partial charge in [0, 0.05) is 12.3 Å². The minimum atomic E-state index is -0.626. The lowest BCUT2D eigenvalue weighted by Crippen LogP contribution is -2.63. The number of carbonyl (C=O) groups excluding carboxylic acids is 2. The number of carbonyl (C=O) groups is 2. The molecular weight excluding hydrogens is 358 g/mol. The van der Waals surface area contributed by atoms with Crippen molar-refractivity contribution < 1.29 is 24.2 Å². The fourth-order valence-corrected chi connectivity index (χ4v) is 7.59. The third kappa shape index (κ3) is 2.33. The Morgan fingerprint density at radius 2 is 2.00 bits per heavy atom. The van der Waals surface area contributed by atoms with E-state index < -0.39 is 11.7 Å². The summed E-state index contributed by atoms with van der Waals surface area (Å²) in [5.41, 5.74) is -0.626. The van der Waals surface area contributed by atoms with Crippen LogP contribution in [0.3, 0.4) is 0 Å². The van der Waals surface area contributed by atoms with Crippen LogP contribution in [-0.4, -0.2) is 58.4 Å². The lowest BCUT2D eigenvalue weighted by atomic mass is 9.58. The summed E-state index contributed by atoms with van der Waals surface area (Å²) in [6, 6.07) is 0.227. The molecule has 156 valence electrons. The van der Waals surface area contributed by atoms with Gasteiger partial charge in [-0.1, -0.05) is 33.6 Å². The number of hydrogen-bond acceptors (Lipinski definition) is 6. The Bertz CT molecular complexity index is 682. The third-order valence-corrected chi connectivity index (χ3v) is 8.70. The minimum absolute atomic E-state index is 0.0669. The van der Waals surface area contributed by atoms with Crippen molar-refractivity contribution in [2.45, 2.75) is 89.2 Å². The van der Waals surface area contributed by atoms with Crippen LogP contribution in [0.2, 0.25) is 0 Å². The SMILES string of the molecule is CC[C@H]1[C@@H](O)[C@@H]2[C@H](C)C(=O)O[C@]23C[C@@H]([C@@H]2C[C@H](C)C(=O)O2)N2CCCC[C@H]1C23. The number of nitrogens with zero attached hydrogens (tertiary/aromatic N) is 1. The average Bonchev–Trinajstić information content (AvgIpc) is 3.16. The van der Waals surface area contributed by atoms with Crippen molar-refractivity contribution in [1.29, 1.82) is 0 Å². The van der Waals surface area contributed by atoms with Crippen LogP contribution in [-0.2, 0) is 19.1 Å². The molecule has 4 aliphatic heterocycles. The number of rotatable bonds is 2. The van der Waals surface area contributed by atoms with Crippen molar-refractivity contribution in [2.24, 2.45) is 29.6 Å². The smallest absolute Gasteiger partial charge is 0.309 e. The Kier molecular flexibility index (Phi) is 4.33. The molecule has 4 heterocycles. The first kappa shape index (κ1) is 18.9. The fourth-order valence-electron chi connectivity index (χ4n) is 7.59. The number of ether oxygens (including phenoxy) is 2. The predicted octanol–water partition coefficient (Wildman–Crippen LogP) is 2.13. The van der Waals surface area contributed by atoms with E-state index in [1.54, 1.807) is 0 Å². The Hall–Kier alpha value is -1.14. The summed E-state index contributed by atoms with van der Waals surface area (Å²) in [5, 5.41) is 11.4. The van der Waals surface area contributed by atoms with Crippen molar-refractivity contribution in [2.75, 3.05) is 6.54 Å². The molecule has 0 amide bonds. The van der Waals surface area contributed by atoms with Crippen molar-refractivity contribution >= 4 is 11.9 Å². The van der Waals surface area contributed by atoms with E-state index in [2.05, 4.69) is 11.8 Å². The standard InChI is InChI=1S/C22H33NO5/c1-4-13-14-7-5-6-8-23-15(16-9-11(2)20(25)27-16)10-22(19(14)23)17(18(13)24)12(3)21(26)28-22/h11-19,24H,4-10H2,1-3H3/t11-,12-,13+,14+,15-,16-,17-,18+,19?,22+/m0/s1. The highest BCUT2D eigenvalue weighted by Gasteiger charge is 2.72. The third-order valence-electron chi connectivity index (χ3n) is 8.70. The van der Waals surface area contributed by atoms with Gasteiger partial charge in [0.1, 0.15) is 11.7 Å². The second-order valence-electron chi connectivity index (χ2n) is 9.98. The van der Waals surface area contributed by atoms with Crippen molar-refractivity contribution in [3.8, 4) is 0 Å². The molecule has 28 heavy (non-hydrogen) atoms. The molecule has 5 aliphatic rings. The van der Waals surface area contributed by atoms with E-state index in [0.717, 1.165) is 38.6 Å². The van der Waals surface area contributed by atoms with Gasteiger partial charge in [0.25, 0.3) is 0 Å². The highest BCUT2D eigenvalue weighted by molar-refractivity contribution is 5.76. The number of hydrogen-bond donors (Lipinski definition) is 1. The number of aliphatic hydroxyl groups is 1. The van der Waals surface area contributed by atoms with Gasteiger partial charge in [-0.2, -0.15) is 0 Å². The molecule has 0 bridgehead atoms. The second-order valence-corrected chi connectivity index (χ2v) is 9.98. The molecule has 5 fully saturated rings. The molecule has 0 aromatic rings. The van der Waals surface area contributed by atoms with E-state index in [1.807, 2.05) is 13.8 Å². The molecule has 1 spiro atoms. The normalized spacial score (nSPS) is 53.4. The molecule has 0 aromatic heterocycles. The molecule has 1 aliphatic carbocycles. The maximum absolute atomic E-state index is 12.7. The Morgan fingerprint density at radius 1 is 1.21 bits per heavy atom. The van der Waals surface area contributed by atoms with E-state index in [-0.39, 0.29) is 53.8 Å². The zero-order valence-electron chi connectivity index (χ0n) is 17.2. The van der Waals surface area contributed by atoms with Crippen LogP contribution in [0.5, 0.6) is 0 Å². The van der Waals surface area contributed by atoms with Crippen LogP contribution < -0.4 is 0 Å². The summed E-state index contributed by atoms with van der Waals surface area (Å²) in [4.78, 5) is 27.4. The summed E-state index contributed by atoms with van der Waals surface area (Å²) in [6.45, 7) is 6.97. The molecule has 1 unspecified atom stereocenters. The molecule has 0 radical (unpaired) electrons. The molecule has 4 saturated heterocycles. The zero-order chi connectivity index (χ0) is 19.8. The second kappa shape index (κ2) is 6.43. The van der Waals surface area contributed by atoms with Gasteiger partial charge in [0.15, 0.2) is 0 Å². The van der Waals surface area contributed by atoms with E-state index >= 15 is 0 Å². The summed E-state index contributed by atoms with van der Waals surface area (Å²) < 4.78 is 12.0. The van der Waals surface area contributed by atoms with E-state index in [1.165, 1.54) is 0 Å². The molecule has 1 saturated carbocycles. The Labute approximate surface area is 166 Å². The minimum Gasteiger partial charge on any atom is -0.460 e. The van der Waals surface area contributed by atoms with Gasteiger partial charge in [-0.3, -0.25) is 14.5 Å². The van der Waals surface area contributed by atoms with E-state index in [4.69, 9.17) is 9.47 Å². The average molecular weight is 392 g/mol. The predicted molar refractivity (Wildman–Crippen MR) is 101 cm³/mol. The van der Waals surface area contributed by atoms with Gasteiger partial charge < -0.3 is 14.6 Å². The highest BCUT2D eigenvalue weighted by Crippen LogP contribution is 2.61. The number of esters is 2. The highest BCUT2D eigenvalue weighted by atomic mass is 16.6. The van der Waals surface area contributed by atoms with Gasteiger partial charge >= 0.3 is 11.9 Å². The van der Waals surface area contributed by atoms with Crippen LogP contribution in [0.25, 0.3) is 0 Å². The maximum atomic E-state index is 12.7. The zero-order valence-corrected chi connectivity index (χ0v) is 17.2. The van der Waals surface area contributed by atoms with Crippen molar-refractivity contribution in [1.82, 2.24) is 4.90 Å². The van der Waals surface area contributed by atoms with Gasteiger partial charge in [0.2, 0.25) is 0 Å². The summed E-state index contributed by atoms with van der Waals surface area (Å²) in [6.07, 6.45) is 5.03. The monoisotopic (exact) mass is 391 g/mol. The Morgan fingerprint density at radius 3 is 2.68 bits per heavy atom. The van der Waals surface area contributed by atoms with Crippen molar-refractivity contribution in [3.05, 3.63) is 0 Å². The fraction of sp³-hybridized carbons (Fsp3) is 0.909. The van der Waals surface area contributed by atoms with Crippen LogP contribution in [0, 0.1) is 29.6 Å². The molecule has 0 aromatic carbocycles. The molecule has 1 N–H and O–H groups in total. The number of aliphatic hydroxyl groups excluding tert-OH is 1. The molecule has 10 atom stereocenters. The molecular formula is C22H33NO5. The largest absolute Gasteiger partial charge is 0.460 e. The van der Waals surface area contributed by atoms with Gasteiger partial charge in [-0.15, -0.1) is 0 Å². The van der Waals surface area contributed by atoms with Gasteiger partial charge in [-0.05, 0) is 37.6 Å². The van der Waals surface area contributed by atoms with Crippen LogP contribution in [0.4, 0.5) is 0 Å². The van der Waals surface area contributed by atoms with Gasteiger partial charge in [-0.25, -0.2) is 0 Å². The van der Waals surface area contributed by atoms with Crippen LogP contribution >= 0.6 is 0 Å². The lowest BCUT2D eigenvalue weighted by Gasteiger charge is -2.52. The van der Waals surface area contributed by atoms with Crippen LogP contribution in [0.15, 0.2) is 0 Å². The molecule has 6 nitrogen and oxygen atoms in total. The van der Waals surface area contributed by atoms with E-state index in [0.29, 0.717) is 12.3 Å². The quantitative estimate of drug-likeness (QED) is 0.727. The summed E-state index contributed by atoms with van der Waals surface area (Å²) in [7, 11) is 0. The molecule has 6 heteroatoms. The van der Waals surface area contributed by atoms with Crippen LogP contribution in [0.1, 0.15) is 59.3 Å².